The highest BCUT2D eigenvalue weighted by Crippen LogP contribution is 2.22. The maximum atomic E-state index is 12.4. The fraction of sp³-hybridized carbons (Fsp3) is 0.118. The van der Waals surface area contributed by atoms with Crippen molar-refractivity contribution in [1.82, 2.24) is 9.97 Å². The third-order valence-electron chi connectivity index (χ3n) is 3.58. The third-order valence-corrected chi connectivity index (χ3v) is 3.90. The quantitative estimate of drug-likeness (QED) is 0.712. The van der Waals surface area contributed by atoms with Crippen LogP contribution in [0.25, 0.3) is 11.0 Å². The summed E-state index contributed by atoms with van der Waals surface area (Å²) in [5.74, 6) is -0.798. The zero-order chi connectivity index (χ0) is 17.3. The molecule has 0 atom stereocenters. The molecule has 0 radical (unpaired) electrons. The van der Waals surface area contributed by atoms with Gasteiger partial charge in [0.25, 0.3) is 5.91 Å². The van der Waals surface area contributed by atoms with Crippen LogP contribution >= 0.6 is 11.6 Å². The maximum absolute atomic E-state index is 12.4. The molecule has 0 aliphatic carbocycles. The minimum Gasteiger partial charge on any atom is -0.464 e. The Morgan fingerprint density at radius 1 is 1.29 bits per heavy atom. The summed E-state index contributed by atoms with van der Waals surface area (Å²) in [6, 6.07) is 8.60. The minimum absolute atomic E-state index is 0.297. The Morgan fingerprint density at radius 3 is 2.79 bits per heavy atom. The number of ether oxygens (including phenoxy) is 1. The molecule has 3 rings (SSSR count). The number of carbonyl (C=O) groups excluding carboxylic acids is 2. The molecule has 2 N–H and O–H groups in total. The average molecular weight is 344 g/mol. The predicted molar refractivity (Wildman–Crippen MR) is 91.6 cm³/mol. The summed E-state index contributed by atoms with van der Waals surface area (Å²) in [7, 11) is 1.30. The SMILES string of the molecule is COC(=O)c1cc2cc(NC(=O)c3c(C)cccc3Cl)cnc2[nH]1. The van der Waals surface area contributed by atoms with Crippen LogP contribution in [-0.4, -0.2) is 29.0 Å². The van der Waals surface area contributed by atoms with Crippen molar-refractivity contribution in [1.29, 1.82) is 0 Å². The van der Waals surface area contributed by atoms with Crippen molar-refractivity contribution in [2.45, 2.75) is 6.92 Å². The minimum atomic E-state index is -0.481. The van der Waals surface area contributed by atoms with Gasteiger partial charge in [-0.1, -0.05) is 23.7 Å². The first-order chi connectivity index (χ1) is 11.5. The molecule has 122 valence electrons. The number of aromatic nitrogens is 2. The number of aryl methyl sites for hydroxylation is 1. The van der Waals surface area contributed by atoms with Gasteiger partial charge in [-0.25, -0.2) is 9.78 Å². The summed E-state index contributed by atoms with van der Waals surface area (Å²) in [6.45, 7) is 1.82. The fourth-order valence-electron chi connectivity index (χ4n) is 2.42. The Kier molecular flexibility index (Phi) is 4.22. The summed E-state index contributed by atoms with van der Waals surface area (Å²) < 4.78 is 4.66. The van der Waals surface area contributed by atoms with Gasteiger partial charge >= 0.3 is 5.97 Å². The second-order valence-electron chi connectivity index (χ2n) is 5.22. The molecule has 6 nitrogen and oxygen atoms in total. The molecule has 0 saturated carbocycles. The molecule has 0 aliphatic rings. The monoisotopic (exact) mass is 343 g/mol. The Bertz CT molecular complexity index is 929. The van der Waals surface area contributed by atoms with Crippen LogP contribution in [0.2, 0.25) is 5.02 Å². The standard InChI is InChI=1S/C17H14ClN3O3/c1-9-4-3-5-12(18)14(9)16(22)20-11-6-10-7-13(17(23)24-2)21-15(10)19-8-11/h3-8H,1-2H3,(H,19,21)(H,20,22). The van der Waals surface area contributed by atoms with E-state index in [9.17, 15) is 9.59 Å². The summed E-state index contributed by atoms with van der Waals surface area (Å²) in [5, 5.41) is 3.84. The Labute approximate surface area is 142 Å². The van der Waals surface area contributed by atoms with Gasteiger partial charge in [0.15, 0.2) is 0 Å². The van der Waals surface area contributed by atoms with E-state index in [4.69, 9.17) is 11.6 Å². The van der Waals surface area contributed by atoms with Crippen molar-refractivity contribution in [3.8, 4) is 0 Å². The number of carbonyl (C=O) groups is 2. The number of nitrogens with one attached hydrogen (secondary N) is 2. The van der Waals surface area contributed by atoms with Gasteiger partial charge in [0.05, 0.1) is 29.6 Å². The van der Waals surface area contributed by atoms with E-state index in [0.29, 0.717) is 33.0 Å². The number of anilines is 1. The average Bonchev–Trinajstić information content (AvgIpc) is 2.97. The lowest BCUT2D eigenvalue weighted by Gasteiger charge is -2.09. The Morgan fingerprint density at radius 2 is 2.08 bits per heavy atom. The first kappa shape index (κ1) is 16.0. The van der Waals surface area contributed by atoms with Crippen LogP contribution in [0.3, 0.4) is 0 Å². The number of amides is 1. The molecule has 3 aromatic rings. The van der Waals surface area contributed by atoms with E-state index in [-0.39, 0.29) is 5.91 Å². The number of nitrogens with zero attached hydrogens (tertiary/aromatic N) is 1. The number of rotatable bonds is 3. The summed E-state index contributed by atoms with van der Waals surface area (Å²) in [5.41, 5.74) is 2.53. The molecule has 0 fully saturated rings. The van der Waals surface area contributed by atoms with Gasteiger partial charge in [-0.15, -0.1) is 0 Å². The number of halogens is 1. The molecule has 24 heavy (non-hydrogen) atoms. The number of fused-ring (bicyclic) bond motifs is 1. The number of benzene rings is 1. The maximum Gasteiger partial charge on any atom is 0.354 e. The first-order valence-electron chi connectivity index (χ1n) is 7.13. The van der Waals surface area contributed by atoms with E-state index in [1.54, 1.807) is 24.3 Å². The zero-order valence-corrected chi connectivity index (χ0v) is 13.8. The molecule has 0 saturated heterocycles. The van der Waals surface area contributed by atoms with Crippen LogP contribution in [-0.2, 0) is 4.74 Å². The Hall–Kier alpha value is -2.86. The van der Waals surface area contributed by atoms with Crippen molar-refractivity contribution in [2.75, 3.05) is 12.4 Å². The summed E-state index contributed by atoms with van der Waals surface area (Å²) >= 11 is 6.11. The van der Waals surface area contributed by atoms with E-state index in [0.717, 1.165) is 5.56 Å². The second kappa shape index (κ2) is 6.33. The normalized spacial score (nSPS) is 10.6. The zero-order valence-electron chi connectivity index (χ0n) is 13.0. The molecule has 2 heterocycles. The van der Waals surface area contributed by atoms with Gasteiger partial charge in [-0.2, -0.15) is 0 Å². The van der Waals surface area contributed by atoms with E-state index >= 15 is 0 Å². The third kappa shape index (κ3) is 2.96. The van der Waals surface area contributed by atoms with Gasteiger partial charge in [-0.05, 0) is 30.7 Å². The first-order valence-corrected chi connectivity index (χ1v) is 7.51. The molecule has 0 aliphatic heterocycles. The number of hydrogen-bond donors (Lipinski definition) is 2. The van der Waals surface area contributed by atoms with Crippen LogP contribution in [0.15, 0.2) is 36.5 Å². The lowest BCUT2D eigenvalue weighted by atomic mass is 10.1. The van der Waals surface area contributed by atoms with Gasteiger partial charge in [-0.3, -0.25) is 4.79 Å². The molecule has 1 amide bonds. The van der Waals surface area contributed by atoms with E-state index in [1.807, 2.05) is 13.0 Å². The van der Waals surface area contributed by atoms with Gasteiger partial charge in [0.1, 0.15) is 11.3 Å². The van der Waals surface area contributed by atoms with Crippen molar-refractivity contribution >= 4 is 40.2 Å². The highest BCUT2D eigenvalue weighted by molar-refractivity contribution is 6.34. The topological polar surface area (TPSA) is 84.1 Å². The molecular weight excluding hydrogens is 330 g/mol. The van der Waals surface area contributed by atoms with Gasteiger partial charge < -0.3 is 15.0 Å². The molecule has 2 aromatic heterocycles. The lowest BCUT2D eigenvalue weighted by molar-refractivity contribution is 0.0595. The van der Waals surface area contributed by atoms with E-state index in [1.165, 1.54) is 13.3 Å². The van der Waals surface area contributed by atoms with Crippen LogP contribution in [0.5, 0.6) is 0 Å². The summed E-state index contributed by atoms with van der Waals surface area (Å²) in [4.78, 5) is 31.0. The van der Waals surface area contributed by atoms with E-state index in [2.05, 4.69) is 20.0 Å². The smallest absolute Gasteiger partial charge is 0.354 e. The highest BCUT2D eigenvalue weighted by atomic mass is 35.5. The number of esters is 1. The van der Waals surface area contributed by atoms with Gasteiger partial charge in [0, 0.05) is 5.39 Å². The van der Waals surface area contributed by atoms with Crippen molar-refractivity contribution in [3.05, 3.63) is 58.4 Å². The van der Waals surface area contributed by atoms with Crippen LogP contribution in [0.4, 0.5) is 5.69 Å². The number of pyridine rings is 1. The molecular formula is C17H14ClN3O3. The molecule has 0 unspecified atom stereocenters. The van der Waals surface area contributed by atoms with Crippen molar-refractivity contribution < 1.29 is 14.3 Å². The molecule has 0 spiro atoms. The fourth-order valence-corrected chi connectivity index (χ4v) is 2.72. The Balaban J connectivity index is 1.90. The highest BCUT2D eigenvalue weighted by Gasteiger charge is 2.15. The van der Waals surface area contributed by atoms with Crippen LogP contribution in [0.1, 0.15) is 26.4 Å². The largest absolute Gasteiger partial charge is 0.464 e. The number of hydrogen-bond acceptors (Lipinski definition) is 4. The van der Waals surface area contributed by atoms with Gasteiger partial charge in [0.2, 0.25) is 0 Å². The van der Waals surface area contributed by atoms with Crippen LogP contribution < -0.4 is 5.32 Å². The van der Waals surface area contributed by atoms with Crippen LogP contribution in [0, 0.1) is 6.92 Å². The number of H-pyrrole nitrogens is 1. The van der Waals surface area contributed by atoms with Crippen molar-refractivity contribution in [2.24, 2.45) is 0 Å². The van der Waals surface area contributed by atoms with Crippen molar-refractivity contribution in [3.63, 3.8) is 0 Å². The summed E-state index contributed by atoms with van der Waals surface area (Å²) in [6.07, 6.45) is 1.50. The molecule has 7 heteroatoms. The molecule has 1 aromatic carbocycles. The number of methoxy groups -OCH3 is 1. The lowest BCUT2D eigenvalue weighted by Crippen LogP contribution is -2.14. The number of aromatic amines is 1. The van der Waals surface area contributed by atoms with E-state index < -0.39 is 5.97 Å². The molecule has 0 bridgehead atoms. The predicted octanol–water partition coefficient (Wildman–Crippen LogP) is 3.56. The second-order valence-corrected chi connectivity index (χ2v) is 5.63.